The van der Waals surface area contributed by atoms with Crippen LogP contribution in [0.1, 0.15) is 11.1 Å². The molecule has 0 fully saturated rings. The van der Waals surface area contributed by atoms with Crippen LogP contribution in [0.15, 0.2) is 18.2 Å². The second-order valence-corrected chi connectivity index (χ2v) is 4.39. The standard InChI is InChI=1S/C13H15FN2OS/c1-18-9-13(17)16-8-11-7-10(3-2-6-15)4-5-12(11)14/h4-5,7H,6,8-9,15H2,1H3,(H,16,17). The van der Waals surface area contributed by atoms with Crippen molar-refractivity contribution < 1.29 is 9.18 Å². The molecule has 5 heteroatoms. The average Bonchev–Trinajstić information content (AvgIpc) is 2.36. The maximum atomic E-state index is 13.5. The summed E-state index contributed by atoms with van der Waals surface area (Å²) in [6, 6.07) is 4.55. The summed E-state index contributed by atoms with van der Waals surface area (Å²) in [7, 11) is 0. The molecular formula is C13H15FN2OS. The van der Waals surface area contributed by atoms with Crippen molar-refractivity contribution in [1.29, 1.82) is 0 Å². The Hall–Kier alpha value is -1.51. The molecule has 0 saturated carbocycles. The predicted octanol–water partition coefficient (Wildman–Crippen LogP) is 1.12. The van der Waals surface area contributed by atoms with Gasteiger partial charge >= 0.3 is 0 Å². The minimum absolute atomic E-state index is 0.111. The third-order valence-corrected chi connectivity index (χ3v) is 2.68. The van der Waals surface area contributed by atoms with Crippen LogP contribution < -0.4 is 11.1 Å². The number of carbonyl (C=O) groups is 1. The highest BCUT2D eigenvalue weighted by molar-refractivity contribution is 7.99. The second kappa shape index (κ2) is 7.75. The third-order valence-electron chi connectivity index (χ3n) is 2.13. The smallest absolute Gasteiger partial charge is 0.230 e. The number of nitrogens with one attached hydrogen (secondary N) is 1. The molecule has 1 aromatic rings. The zero-order valence-electron chi connectivity index (χ0n) is 10.1. The Labute approximate surface area is 110 Å². The van der Waals surface area contributed by atoms with Crippen LogP contribution >= 0.6 is 11.8 Å². The number of amides is 1. The lowest BCUT2D eigenvalue weighted by Gasteiger charge is -2.06. The van der Waals surface area contributed by atoms with Gasteiger partial charge in [-0.1, -0.05) is 11.8 Å². The predicted molar refractivity (Wildman–Crippen MR) is 72.6 cm³/mol. The van der Waals surface area contributed by atoms with Crippen molar-refractivity contribution in [3.05, 3.63) is 35.1 Å². The number of rotatable bonds is 4. The molecule has 1 aromatic carbocycles. The lowest BCUT2D eigenvalue weighted by Crippen LogP contribution is -2.24. The van der Waals surface area contributed by atoms with E-state index in [0.717, 1.165) is 0 Å². The molecule has 1 amide bonds. The molecule has 1 rings (SSSR count). The van der Waals surface area contributed by atoms with Crippen molar-refractivity contribution in [1.82, 2.24) is 5.32 Å². The van der Waals surface area contributed by atoms with Crippen molar-refractivity contribution in [2.45, 2.75) is 6.54 Å². The molecule has 0 aliphatic carbocycles. The highest BCUT2D eigenvalue weighted by atomic mass is 32.2. The van der Waals surface area contributed by atoms with Gasteiger partial charge in [-0.25, -0.2) is 4.39 Å². The highest BCUT2D eigenvalue weighted by Gasteiger charge is 2.05. The number of hydrogen-bond donors (Lipinski definition) is 2. The van der Waals surface area contributed by atoms with Gasteiger partial charge in [-0.15, -0.1) is 0 Å². The summed E-state index contributed by atoms with van der Waals surface area (Å²) in [5.74, 6) is 5.44. The fourth-order valence-electron chi connectivity index (χ4n) is 1.32. The van der Waals surface area contributed by atoms with E-state index >= 15 is 0 Å². The third kappa shape index (κ3) is 4.78. The number of nitrogens with two attached hydrogens (primary N) is 1. The van der Waals surface area contributed by atoms with Gasteiger partial charge in [0.25, 0.3) is 0 Å². The van der Waals surface area contributed by atoms with Crippen molar-refractivity contribution in [3.8, 4) is 11.8 Å². The molecule has 96 valence electrons. The topological polar surface area (TPSA) is 55.1 Å². The van der Waals surface area contributed by atoms with Crippen LogP contribution in [0.3, 0.4) is 0 Å². The number of hydrogen-bond acceptors (Lipinski definition) is 3. The summed E-state index contributed by atoms with van der Waals surface area (Å²) < 4.78 is 13.5. The van der Waals surface area contributed by atoms with Crippen LogP contribution in [0.2, 0.25) is 0 Å². The SMILES string of the molecule is CSCC(=O)NCc1cc(C#CCN)ccc1F. The highest BCUT2D eigenvalue weighted by Crippen LogP contribution is 2.10. The summed E-state index contributed by atoms with van der Waals surface area (Å²) in [5.41, 5.74) is 6.38. The first-order chi connectivity index (χ1) is 8.67. The molecule has 0 aliphatic heterocycles. The molecule has 0 aromatic heterocycles. The van der Waals surface area contributed by atoms with Gasteiger partial charge in [0.15, 0.2) is 0 Å². The summed E-state index contributed by atoms with van der Waals surface area (Å²) >= 11 is 1.42. The molecule has 0 atom stereocenters. The van der Waals surface area contributed by atoms with Gasteiger partial charge < -0.3 is 11.1 Å². The molecular weight excluding hydrogens is 251 g/mol. The van der Waals surface area contributed by atoms with E-state index in [2.05, 4.69) is 17.2 Å². The van der Waals surface area contributed by atoms with E-state index in [-0.39, 0.29) is 24.8 Å². The van der Waals surface area contributed by atoms with E-state index in [4.69, 9.17) is 5.73 Å². The summed E-state index contributed by atoms with van der Waals surface area (Å²) in [5, 5.41) is 2.65. The molecule has 18 heavy (non-hydrogen) atoms. The largest absolute Gasteiger partial charge is 0.351 e. The normalized spacial score (nSPS) is 9.50. The van der Waals surface area contributed by atoms with Gasteiger partial charge in [0, 0.05) is 17.7 Å². The van der Waals surface area contributed by atoms with Crippen LogP contribution in [-0.4, -0.2) is 24.5 Å². The Morgan fingerprint density at radius 1 is 1.56 bits per heavy atom. The maximum absolute atomic E-state index is 13.5. The number of carbonyl (C=O) groups excluding carboxylic acids is 1. The van der Waals surface area contributed by atoms with Crippen molar-refractivity contribution >= 4 is 17.7 Å². The average molecular weight is 266 g/mol. The van der Waals surface area contributed by atoms with Gasteiger partial charge in [-0.05, 0) is 24.5 Å². The van der Waals surface area contributed by atoms with Crippen LogP contribution in [0.25, 0.3) is 0 Å². The Kier molecular flexibility index (Phi) is 6.26. The molecule has 3 nitrogen and oxygen atoms in total. The number of benzene rings is 1. The monoisotopic (exact) mass is 266 g/mol. The summed E-state index contributed by atoms with van der Waals surface area (Å²) in [6.07, 6.45) is 1.84. The van der Waals surface area contributed by atoms with Crippen molar-refractivity contribution in [2.24, 2.45) is 5.73 Å². The van der Waals surface area contributed by atoms with Gasteiger partial charge in [0.05, 0.1) is 12.3 Å². The van der Waals surface area contributed by atoms with E-state index in [1.54, 1.807) is 12.1 Å². The Balaban J connectivity index is 2.72. The molecule has 0 saturated heterocycles. The van der Waals surface area contributed by atoms with Gasteiger partial charge in [0.1, 0.15) is 5.82 Å². The summed E-state index contributed by atoms with van der Waals surface area (Å²) in [4.78, 5) is 11.3. The van der Waals surface area contributed by atoms with Crippen molar-refractivity contribution in [3.63, 3.8) is 0 Å². The van der Waals surface area contributed by atoms with Crippen molar-refractivity contribution in [2.75, 3.05) is 18.6 Å². The molecule has 0 unspecified atom stereocenters. The lowest BCUT2D eigenvalue weighted by molar-refractivity contribution is -0.118. The van der Waals surface area contributed by atoms with E-state index in [1.807, 2.05) is 6.26 Å². The minimum Gasteiger partial charge on any atom is -0.351 e. The number of thioether (sulfide) groups is 1. The molecule has 0 spiro atoms. The van der Waals surface area contributed by atoms with Crippen LogP contribution in [0, 0.1) is 17.7 Å². The maximum Gasteiger partial charge on any atom is 0.230 e. The van der Waals surface area contributed by atoms with Crippen LogP contribution in [0.5, 0.6) is 0 Å². The molecule has 0 bridgehead atoms. The Bertz CT molecular complexity index is 480. The molecule has 0 aliphatic rings. The van der Waals surface area contributed by atoms with Gasteiger partial charge in [0.2, 0.25) is 5.91 Å². The van der Waals surface area contributed by atoms with E-state index < -0.39 is 0 Å². The first-order valence-electron chi connectivity index (χ1n) is 5.40. The first-order valence-corrected chi connectivity index (χ1v) is 6.79. The molecule has 0 heterocycles. The minimum atomic E-state index is -0.349. The molecule has 3 N–H and O–H groups in total. The fourth-order valence-corrected chi connectivity index (χ4v) is 1.68. The lowest BCUT2D eigenvalue weighted by atomic mass is 10.1. The Morgan fingerprint density at radius 3 is 3.00 bits per heavy atom. The first kappa shape index (κ1) is 14.6. The van der Waals surface area contributed by atoms with E-state index in [9.17, 15) is 9.18 Å². The fraction of sp³-hybridized carbons (Fsp3) is 0.308. The Morgan fingerprint density at radius 2 is 2.33 bits per heavy atom. The summed E-state index contributed by atoms with van der Waals surface area (Å²) in [6.45, 7) is 0.431. The quantitative estimate of drug-likeness (QED) is 0.803. The zero-order chi connectivity index (χ0) is 13.4. The van der Waals surface area contributed by atoms with Crippen LogP contribution in [0.4, 0.5) is 4.39 Å². The van der Waals surface area contributed by atoms with E-state index in [0.29, 0.717) is 16.9 Å². The number of halogens is 1. The zero-order valence-corrected chi connectivity index (χ0v) is 10.9. The van der Waals surface area contributed by atoms with Gasteiger partial charge in [-0.3, -0.25) is 4.79 Å². The van der Waals surface area contributed by atoms with Gasteiger partial charge in [-0.2, -0.15) is 11.8 Å². The van der Waals surface area contributed by atoms with E-state index in [1.165, 1.54) is 17.8 Å². The second-order valence-electron chi connectivity index (χ2n) is 3.52. The van der Waals surface area contributed by atoms with Crippen LogP contribution in [-0.2, 0) is 11.3 Å². The molecule has 0 radical (unpaired) electrons.